The maximum absolute atomic E-state index is 5.91. The lowest BCUT2D eigenvalue weighted by Gasteiger charge is -2.33. The van der Waals surface area contributed by atoms with E-state index in [0.717, 1.165) is 57.2 Å². The molecule has 0 unspecified atom stereocenters. The third-order valence-corrected chi connectivity index (χ3v) is 4.19. The van der Waals surface area contributed by atoms with E-state index in [2.05, 4.69) is 29.4 Å². The lowest BCUT2D eigenvalue weighted by Crippen LogP contribution is -2.47. The van der Waals surface area contributed by atoms with Gasteiger partial charge >= 0.3 is 0 Å². The highest BCUT2D eigenvalue weighted by Gasteiger charge is 2.15. The van der Waals surface area contributed by atoms with Gasteiger partial charge < -0.3 is 14.4 Å². The molecule has 0 atom stereocenters. The van der Waals surface area contributed by atoms with Crippen LogP contribution in [-0.2, 0) is 6.42 Å². The number of rotatable bonds is 8. The number of allylic oxidation sites excluding steroid dienone is 1. The van der Waals surface area contributed by atoms with Crippen LogP contribution in [0.4, 0.5) is 0 Å². The van der Waals surface area contributed by atoms with E-state index >= 15 is 0 Å². The molecule has 22 heavy (non-hydrogen) atoms. The van der Waals surface area contributed by atoms with Crippen molar-refractivity contribution in [2.24, 2.45) is 0 Å². The molecule has 4 heteroatoms. The molecule has 0 amide bonds. The van der Waals surface area contributed by atoms with Crippen LogP contribution in [0.1, 0.15) is 12.5 Å². The van der Waals surface area contributed by atoms with Crippen molar-refractivity contribution in [1.29, 1.82) is 0 Å². The van der Waals surface area contributed by atoms with Gasteiger partial charge in [0.05, 0.1) is 7.11 Å². The number of likely N-dealkylation sites (N-methyl/N-ethyl adjacent to an activating group) is 1. The Labute approximate surface area is 134 Å². The number of hydrogen-bond acceptors (Lipinski definition) is 4. The zero-order valence-electron chi connectivity index (χ0n) is 13.9. The SMILES string of the molecule is C=CCc1ccc(OCCN2CCN(CC)CC2)c(OC)c1. The molecule has 1 aliphatic heterocycles. The van der Waals surface area contributed by atoms with E-state index in [0.29, 0.717) is 6.61 Å². The van der Waals surface area contributed by atoms with E-state index in [9.17, 15) is 0 Å². The lowest BCUT2D eigenvalue weighted by atomic mass is 10.1. The summed E-state index contributed by atoms with van der Waals surface area (Å²) in [5.74, 6) is 1.62. The predicted octanol–water partition coefficient (Wildman–Crippen LogP) is 2.44. The van der Waals surface area contributed by atoms with Crippen molar-refractivity contribution >= 4 is 0 Å². The Bertz CT molecular complexity index is 468. The van der Waals surface area contributed by atoms with E-state index in [1.807, 2.05) is 18.2 Å². The maximum atomic E-state index is 5.91. The van der Waals surface area contributed by atoms with Gasteiger partial charge in [0.1, 0.15) is 6.61 Å². The summed E-state index contributed by atoms with van der Waals surface area (Å²) in [6, 6.07) is 6.09. The summed E-state index contributed by atoms with van der Waals surface area (Å²) in [5.41, 5.74) is 1.19. The Morgan fingerprint density at radius 1 is 1.14 bits per heavy atom. The fourth-order valence-corrected chi connectivity index (χ4v) is 2.74. The molecule has 122 valence electrons. The van der Waals surface area contributed by atoms with Crippen molar-refractivity contribution < 1.29 is 9.47 Å². The van der Waals surface area contributed by atoms with Crippen LogP contribution >= 0.6 is 0 Å². The minimum absolute atomic E-state index is 0.698. The van der Waals surface area contributed by atoms with Crippen molar-refractivity contribution in [3.63, 3.8) is 0 Å². The molecule has 0 radical (unpaired) electrons. The van der Waals surface area contributed by atoms with Crippen LogP contribution in [0.15, 0.2) is 30.9 Å². The van der Waals surface area contributed by atoms with Gasteiger partial charge in [0, 0.05) is 32.7 Å². The highest BCUT2D eigenvalue weighted by Crippen LogP contribution is 2.28. The molecule has 0 aromatic heterocycles. The van der Waals surface area contributed by atoms with Gasteiger partial charge in [-0.1, -0.05) is 19.1 Å². The molecule has 0 N–H and O–H groups in total. The van der Waals surface area contributed by atoms with Crippen LogP contribution < -0.4 is 9.47 Å². The summed E-state index contributed by atoms with van der Waals surface area (Å²) < 4.78 is 11.3. The van der Waals surface area contributed by atoms with E-state index in [1.54, 1.807) is 7.11 Å². The molecule has 0 aliphatic carbocycles. The van der Waals surface area contributed by atoms with Crippen molar-refractivity contribution in [3.8, 4) is 11.5 Å². The van der Waals surface area contributed by atoms with E-state index in [1.165, 1.54) is 5.56 Å². The number of nitrogens with zero attached hydrogens (tertiary/aromatic N) is 2. The third-order valence-electron chi connectivity index (χ3n) is 4.19. The molecule has 1 saturated heterocycles. The topological polar surface area (TPSA) is 24.9 Å². The van der Waals surface area contributed by atoms with Gasteiger partial charge in [0.25, 0.3) is 0 Å². The summed E-state index contributed by atoms with van der Waals surface area (Å²) in [4.78, 5) is 4.95. The van der Waals surface area contributed by atoms with Crippen LogP contribution in [0.25, 0.3) is 0 Å². The molecule has 4 nitrogen and oxygen atoms in total. The van der Waals surface area contributed by atoms with E-state index in [4.69, 9.17) is 9.47 Å². The Kier molecular flexibility index (Phi) is 6.74. The van der Waals surface area contributed by atoms with Crippen molar-refractivity contribution in [2.75, 3.05) is 53.0 Å². The first-order chi connectivity index (χ1) is 10.8. The minimum Gasteiger partial charge on any atom is -0.493 e. The first-order valence-corrected chi connectivity index (χ1v) is 8.12. The van der Waals surface area contributed by atoms with Crippen LogP contribution in [0.5, 0.6) is 11.5 Å². The molecular weight excluding hydrogens is 276 g/mol. The van der Waals surface area contributed by atoms with Gasteiger partial charge in [-0.2, -0.15) is 0 Å². The largest absolute Gasteiger partial charge is 0.493 e. The normalized spacial score (nSPS) is 16.5. The van der Waals surface area contributed by atoms with E-state index in [-0.39, 0.29) is 0 Å². The monoisotopic (exact) mass is 304 g/mol. The summed E-state index contributed by atoms with van der Waals surface area (Å²) in [6.07, 6.45) is 2.74. The third kappa shape index (κ3) is 4.75. The summed E-state index contributed by atoms with van der Waals surface area (Å²) in [5, 5.41) is 0. The van der Waals surface area contributed by atoms with Crippen molar-refractivity contribution in [2.45, 2.75) is 13.3 Å². The molecule has 0 saturated carbocycles. The summed E-state index contributed by atoms with van der Waals surface area (Å²) >= 11 is 0. The van der Waals surface area contributed by atoms with Gasteiger partial charge in [-0.15, -0.1) is 6.58 Å². The number of hydrogen-bond donors (Lipinski definition) is 0. The highest BCUT2D eigenvalue weighted by atomic mass is 16.5. The quantitative estimate of drug-likeness (QED) is 0.689. The van der Waals surface area contributed by atoms with Gasteiger partial charge in [-0.25, -0.2) is 0 Å². The van der Waals surface area contributed by atoms with Crippen LogP contribution in [0.3, 0.4) is 0 Å². The zero-order chi connectivity index (χ0) is 15.8. The molecule has 0 spiro atoms. The average Bonchev–Trinajstić information content (AvgIpc) is 2.57. The second kappa shape index (κ2) is 8.81. The van der Waals surface area contributed by atoms with Gasteiger partial charge in [-0.05, 0) is 30.7 Å². The zero-order valence-corrected chi connectivity index (χ0v) is 13.9. The maximum Gasteiger partial charge on any atom is 0.161 e. The van der Waals surface area contributed by atoms with Crippen LogP contribution in [0.2, 0.25) is 0 Å². The fourth-order valence-electron chi connectivity index (χ4n) is 2.74. The Balaban J connectivity index is 1.80. The van der Waals surface area contributed by atoms with Crippen LogP contribution in [0, 0.1) is 0 Å². The second-order valence-corrected chi connectivity index (χ2v) is 5.60. The van der Waals surface area contributed by atoms with Crippen LogP contribution in [-0.4, -0.2) is 62.8 Å². The molecule has 1 aromatic rings. The fraction of sp³-hybridized carbons (Fsp3) is 0.556. The molecule has 1 aliphatic rings. The molecule has 1 aromatic carbocycles. The molecular formula is C18H28N2O2. The molecule has 1 fully saturated rings. The summed E-state index contributed by atoms with van der Waals surface area (Å²) in [7, 11) is 1.68. The predicted molar refractivity (Wildman–Crippen MR) is 90.9 cm³/mol. The minimum atomic E-state index is 0.698. The lowest BCUT2D eigenvalue weighted by molar-refractivity contribution is 0.120. The number of benzene rings is 1. The molecule has 0 bridgehead atoms. The first-order valence-electron chi connectivity index (χ1n) is 8.12. The first kappa shape index (κ1) is 16.8. The standard InChI is InChI=1S/C18H28N2O2/c1-4-6-16-7-8-17(18(15-16)21-3)22-14-13-20-11-9-19(5-2)10-12-20/h4,7-8,15H,1,5-6,9-14H2,2-3H3. The Morgan fingerprint density at radius 2 is 1.86 bits per heavy atom. The van der Waals surface area contributed by atoms with Crippen molar-refractivity contribution in [1.82, 2.24) is 9.80 Å². The van der Waals surface area contributed by atoms with E-state index < -0.39 is 0 Å². The highest BCUT2D eigenvalue weighted by molar-refractivity contribution is 5.43. The van der Waals surface area contributed by atoms with Crippen molar-refractivity contribution in [3.05, 3.63) is 36.4 Å². The van der Waals surface area contributed by atoms with Gasteiger partial charge in [0.15, 0.2) is 11.5 Å². The molecule has 1 heterocycles. The number of methoxy groups -OCH3 is 1. The molecule has 2 rings (SSSR count). The number of ether oxygens (including phenoxy) is 2. The second-order valence-electron chi connectivity index (χ2n) is 5.60. The average molecular weight is 304 g/mol. The Morgan fingerprint density at radius 3 is 2.50 bits per heavy atom. The number of piperazine rings is 1. The van der Waals surface area contributed by atoms with Gasteiger partial charge in [-0.3, -0.25) is 4.90 Å². The van der Waals surface area contributed by atoms with Gasteiger partial charge in [0.2, 0.25) is 0 Å². The Hall–Kier alpha value is -1.52. The summed E-state index contributed by atoms with van der Waals surface area (Å²) in [6.45, 7) is 13.4. The smallest absolute Gasteiger partial charge is 0.161 e.